The van der Waals surface area contributed by atoms with Crippen LogP contribution in [0.4, 0.5) is 5.00 Å². The second-order valence-corrected chi connectivity index (χ2v) is 5.45. The van der Waals surface area contributed by atoms with Crippen LogP contribution in [-0.4, -0.2) is 14.8 Å². The smallest absolute Gasteiger partial charge is 0.174 e. The van der Waals surface area contributed by atoms with Crippen LogP contribution in [0.1, 0.15) is 19.4 Å². The maximum Gasteiger partial charge on any atom is 0.174 e. The summed E-state index contributed by atoms with van der Waals surface area (Å²) >= 11 is 1.57. The van der Waals surface area contributed by atoms with Gasteiger partial charge < -0.3 is 10.3 Å². The molecule has 0 aromatic carbocycles. The predicted octanol–water partition coefficient (Wildman–Crippen LogP) is 2.55. The molecule has 2 heterocycles. The van der Waals surface area contributed by atoms with E-state index < -0.39 is 0 Å². The number of thiophene rings is 1. The van der Waals surface area contributed by atoms with Crippen molar-refractivity contribution in [2.75, 3.05) is 5.73 Å². The van der Waals surface area contributed by atoms with E-state index in [-0.39, 0.29) is 0 Å². The lowest BCUT2D eigenvalue weighted by atomic mass is 10.2. The fourth-order valence-corrected chi connectivity index (χ4v) is 2.63. The fourth-order valence-electron chi connectivity index (χ4n) is 1.69. The molecule has 0 radical (unpaired) electrons. The second kappa shape index (κ2) is 4.25. The van der Waals surface area contributed by atoms with Gasteiger partial charge in [0.15, 0.2) is 5.82 Å². The number of hydrogen-bond donors (Lipinski definition) is 1. The highest BCUT2D eigenvalue weighted by Crippen LogP contribution is 2.32. The number of aryl methyl sites for hydroxylation is 1. The first-order chi connectivity index (χ1) is 7.58. The Kier molecular flexibility index (Phi) is 2.96. The van der Waals surface area contributed by atoms with Gasteiger partial charge in [-0.2, -0.15) is 0 Å². The van der Waals surface area contributed by atoms with Crippen LogP contribution >= 0.6 is 11.3 Å². The largest absolute Gasteiger partial charge is 0.391 e. The van der Waals surface area contributed by atoms with Crippen molar-refractivity contribution >= 4 is 16.3 Å². The van der Waals surface area contributed by atoms with E-state index in [1.54, 1.807) is 17.7 Å². The summed E-state index contributed by atoms with van der Waals surface area (Å²) in [5, 5.41) is 8.99. The highest BCUT2D eigenvalue weighted by molar-refractivity contribution is 7.19. The SMILES string of the molecule is Cc1cc(N)sc1-c1nncn1CC(C)C. The molecular weight excluding hydrogens is 220 g/mol. The average Bonchev–Trinajstić information content (AvgIpc) is 2.72. The summed E-state index contributed by atoms with van der Waals surface area (Å²) in [6, 6.07) is 1.98. The van der Waals surface area contributed by atoms with Gasteiger partial charge in [-0.05, 0) is 24.5 Å². The van der Waals surface area contributed by atoms with Crippen LogP contribution in [0.25, 0.3) is 10.7 Å². The molecular formula is C11H16N4S. The highest BCUT2D eigenvalue weighted by atomic mass is 32.1. The topological polar surface area (TPSA) is 56.7 Å². The van der Waals surface area contributed by atoms with Gasteiger partial charge in [0.1, 0.15) is 6.33 Å². The van der Waals surface area contributed by atoms with E-state index in [4.69, 9.17) is 5.73 Å². The molecule has 0 saturated heterocycles. The molecule has 0 spiro atoms. The van der Waals surface area contributed by atoms with Gasteiger partial charge in [-0.3, -0.25) is 0 Å². The molecule has 4 nitrogen and oxygen atoms in total. The summed E-state index contributed by atoms with van der Waals surface area (Å²) in [6.07, 6.45) is 1.78. The Morgan fingerprint density at radius 1 is 1.50 bits per heavy atom. The van der Waals surface area contributed by atoms with Crippen LogP contribution in [0.15, 0.2) is 12.4 Å². The molecule has 0 amide bonds. The van der Waals surface area contributed by atoms with Crippen molar-refractivity contribution in [3.63, 3.8) is 0 Å². The Hall–Kier alpha value is -1.36. The van der Waals surface area contributed by atoms with Gasteiger partial charge in [0.25, 0.3) is 0 Å². The van der Waals surface area contributed by atoms with Crippen molar-refractivity contribution in [3.8, 4) is 10.7 Å². The maximum atomic E-state index is 5.80. The average molecular weight is 236 g/mol. The van der Waals surface area contributed by atoms with Crippen LogP contribution in [-0.2, 0) is 6.54 Å². The Balaban J connectivity index is 2.40. The fraction of sp³-hybridized carbons (Fsp3) is 0.455. The lowest BCUT2D eigenvalue weighted by Crippen LogP contribution is -2.04. The lowest BCUT2D eigenvalue weighted by Gasteiger charge is -2.08. The third kappa shape index (κ3) is 2.09. The molecule has 0 aliphatic carbocycles. The summed E-state index contributed by atoms with van der Waals surface area (Å²) < 4.78 is 2.09. The number of rotatable bonds is 3. The first-order valence-electron chi connectivity index (χ1n) is 5.32. The number of hydrogen-bond acceptors (Lipinski definition) is 4. The van der Waals surface area contributed by atoms with Crippen molar-refractivity contribution in [1.29, 1.82) is 0 Å². The van der Waals surface area contributed by atoms with Crippen LogP contribution in [0, 0.1) is 12.8 Å². The summed E-state index contributed by atoms with van der Waals surface area (Å²) in [5.41, 5.74) is 6.97. The molecule has 0 unspecified atom stereocenters. The Morgan fingerprint density at radius 2 is 2.25 bits per heavy atom. The maximum absolute atomic E-state index is 5.80. The molecule has 2 aromatic rings. The predicted molar refractivity (Wildman–Crippen MR) is 67.3 cm³/mol. The van der Waals surface area contributed by atoms with E-state index >= 15 is 0 Å². The van der Waals surface area contributed by atoms with E-state index in [0.717, 1.165) is 22.2 Å². The summed E-state index contributed by atoms with van der Waals surface area (Å²) in [6.45, 7) is 7.34. The zero-order valence-electron chi connectivity index (χ0n) is 9.77. The normalized spacial score (nSPS) is 11.2. The number of anilines is 1. The Morgan fingerprint density at radius 3 is 2.81 bits per heavy atom. The summed E-state index contributed by atoms with van der Waals surface area (Å²) in [4.78, 5) is 1.12. The molecule has 86 valence electrons. The van der Waals surface area contributed by atoms with E-state index in [9.17, 15) is 0 Å². The minimum absolute atomic E-state index is 0.576. The van der Waals surface area contributed by atoms with Crippen molar-refractivity contribution in [1.82, 2.24) is 14.8 Å². The van der Waals surface area contributed by atoms with Crippen LogP contribution in [0.3, 0.4) is 0 Å². The molecule has 5 heteroatoms. The van der Waals surface area contributed by atoms with Crippen molar-refractivity contribution in [2.24, 2.45) is 5.92 Å². The lowest BCUT2D eigenvalue weighted by molar-refractivity contribution is 0.525. The van der Waals surface area contributed by atoms with Gasteiger partial charge in [0, 0.05) is 6.54 Å². The molecule has 0 aliphatic heterocycles. The standard InChI is InChI=1S/C11H16N4S/c1-7(2)5-15-6-13-14-11(15)10-8(3)4-9(12)16-10/h4,6-7H,5,12H2,1-3H3. The summed E-state index contributed by atoms with van der Waals surface area (Å²) in [5.74, 6) is 1.50. The molecule has 0 fully saturated rings. The second-order valence-electron chi connectivity index (χ2n) is 4.36. The van der Waals surface area contributed by atoms with Crippen LogP contribution in [0.2, 0.25) is 0 Å². The molecule has 2 N–H and O–H groups in total. The minimum Gasteiger partial charge on any atom is -0.391 e. The molecule has 2 rings (SSSR count). The van der Waals surface area contributed by atoms with Crippen molar-refractivity contribution < 1.29 is 0 Å². The number of nitrogen functional groups attached to an aromatic ring is 1. The van der Waals surface area contributed by atoms with Gasteiger partial charge in [-0.1, -0.05) is 13.8 Å². The Bertz CT molecular complexity index is 484. The third-order valence-electron chi connectivity index (χ3n) is 2.32. The summed E-state index contributed by atoms with van der Waals surface area (Å²) in [7, 11) is 0. The van der Waals surface area contributed by atoms with Gasteiger partial charge in [-0.15, -0.1) is 21.5 Å². The van der Waals surface area contributed by atoms with E-state index in [1.807, 2.05) is 6.07 Å². The van der Waals surface area contributed by atoms with E-state index in [0.29, 0.717) is 5.92 Å². The number of nitrogens with zero attached hydrogens (tertiary/aromatic N) is 3. The van der Waals surface area contributed by atoms with Crippen LogP contribution in [0.5, 0.6) is 0 Å². The number of aromatic nitrogens is 3. The van der Waals surface area contributed by atoms with E-state index in [2.05, 4.69) is 35.5 Å². The number of nitrogens with two attached hydrogens (primary N) is 1. The minimum atomic E-state index is 0.576. The van der Waals surface area contributed by atoms with Gasteiger partial charge in [-0.25, -0.2) is 0 Å². The first-order valence-corrected chi connectivity index (χ1v) is 6.13. The monoisotopic (exact) mass is 236 g/mol. The van der Waals surface area contributed by atoms with Crippen molar-refractivity contribution in [3.05, 3.63) is 18.0 Å². The van der Waals surface area contributed by atoms with E-state index in [1.165, 1.54) is 5.56 Å². The molecule has 0 bridgehead atoms. The molecule has 16 heavy (non-hydrogen) atoms. The highest BCUT2D eigenvalue weighted by Gasteiger charge is 2.13. The van der Waals surface area contributed by atoms with Gasteiger partial charge in [0.05, 0.1) is 9.88 Å². The quantitative estimate of drug-likeness (QED) is 0.891. The third-order valence-corrected chi connectivity index (χ3v) is 3.38. The van der Waals surface area contributed by atoms with Crippen molar-refractivity contribution in [2.45, 2.75) is 27.3 Å². The molecule has 2 aromatic heterocycles. The van der Waals surface area contributed by atoms with Gasteiger partial charge >= 0.3 is 0 Å². The molecule has 0 saturated carbocycles. The van der Waals surface area contributed by atoms with Crippen LogP contribution < -0.4 is 5.73 Å². The van der Waals surface area contributed by atoms with Gasteiger partial charge in [0.2, 0.25) is 0 Å². The Labute approximate surface area is 99.1 Å². The first kappa shape index (κ1) is 11.1. The zero-order valence-corrected chi connectivity index (χ0v) is 10.6. The zero-order chi connectivity index (χ0) is 11.7. The molecule has 0 atom stereocenters. The molecule has 0 aliphatic rings.